The maximum Gasteiger partial charge on any atom is 0.192 e. The van der Waals surface area contributed by atoms with Crippen molar-refractivity contribution in [2.45, 2.75) is 57.7 Å². The van der Waals surface area contributed by atoms with Crippen LogP contribution < -0.4 is 4.84 Å². The lowest BCUT2D eigenvalue weighted by Gasteiger charge is -2.52. The summed E-state index contributed by atoms with van der Waals surface area (Å²) in [6, 6.07) is 4.18. The Morgan fingerprint density at radius 2 is 1.65 bits per heavy atom. The van der Waals surface area contributed by atoms with Crippen LogP contribution in [0.25, 0.3) is 0 Å². The Bertz CT molecular complexity index is 481. The average molecular weight is 281 g/mol. The molecule has 112 valence electrons. The van der Waals surface area contributed by atoms with Gasteiger partial charge in [-0.2, -0.15) is 0 Å². The van der Waals surface area contributed by atoms with E-state index in [2.05, 4.69) is 0 Å². The van der Waals surface area contributed by atoms with Gasteiger partial charge in [0.1, 0.15) is 5.75 Å². The zero-order valence-corrected chi connectivity index (χ0v) is 12.4. The maximum absolute atomic E-state index is 9.99. The van der Waals surface area contributed by atoms with Gasteiger partial charge in [0.15, 0.2) is 11.5 Å². The van der Waals surface area contributed by atoms with E-state index < -0.39 is 0 Å². The van der Waals surface area contributed by atoms with Crippen molar-refractivity contribution in [3.8, 4) is 17.2 Å². The smallest absolute Gasteiger partial charge is 0.192 e. The third kappa shape index (κ3) is 2.83. The van der Waals surface area contributed by atoms with E-state index in [1.807, 2.05) is 27.7 Å². The standard InChI is InChI=1S/C15H23NO4/c1-14(2)8-11(18)9-15(3,4)16(14)20-13-7-10(17)5-6-12(13)19/h5-7,11,17-19H,8-9H2,1-4H3. The quantitative estimate of drug-likeness (QED) is 0.726. The number of rotatable bonds is 2. The summed E-state index contributed by atoms with van der Waals surface area (Å²) in [4.78, 5) is 5.86. The molecule has 0 aliphatic carbocycles. The molecule has 1 saturated heterocycles. The number of aliphatic hydroxyl groups is 1. The van der Waals surface area contributed by atoms with Gasteiger partial charge in [-0.1, -0.05) is 0 Å². The van der Waals surface area contributed by atoms with Gasteiger partial charge in [-0.05, 0) is 52.7 Å². The summed E-state index contributed by atoms with van der Waals surface area (Å²) >= 11 is 0. The molecular weight excluding hydrogens is 258 g/mol. The lowest BCUT2D eigenvalue weighted by atomic mass is 9.80. The molecule has 0 radical (unpaired) electrons. The first-order chi connectivity index (χ1) is 9.12. The van der Waals surface area contributed by atoms with Gasteiger partial charge in [0.05, 0.1) is 17.2 Å². The molecule has 1 heterocycles. The number of phenolic OH excluding ortho intramolecular Hbond substituents is 2. The molecule has 0 amide bonds. The lowest BCUT2D eigenvalue weighted by molar-refractivity contribution is -0.234. The number of hydrogen-bond donors (Lipinski definition) is 3. The van der Waals surface area contributed by atoms with Crippen LogP contribution in [-0.4, -0.2) is 37.6 Å². The molecule has 0 saturated carbocycles. The molecule has 3 N–H and O–H groups in total. The summed E-state index contributed by atoms with van der Waals surface area (Å²) in [7, 11) is 0. The van der Waals surface area contributed by atoms with E-state index in [0.717, 1.165) is 0 Å². The van der Waals surface area contributed by atoms with Crippen molar-refractivity contribution in [1.29, 1.82) is 0 Å². The molecule has 0 aromatic heterocycles. The molecular formula is C15H23NO4. The second-order valence-corrected chi connectivity index (χ2v) is 6.72. The van der Waals surface area contributed by atoms with E-state index in [4.69, 9.17) is 4.84 Å². The van der Waals surface area contributed by atoms with Crippen molar-refractivity contribution in [2.75, 3.05) is 0 Å². The summed E-state index contributed by atoms with van der Waals surface area (Å²) in [6.07, 6.45) is 0.782. The van der Waals surface area contributed by atoms with Crippen LogP contribution in [0.5, 0.6) is 17.2 Å². The zero-order valence-electron chi connectivity index (χ0n) is 12.4. The number of phenols is 2. The van der Waals surface area contributed by atoms with Crippen molar-refractivity contribution in [2.24, 2.45) is 0 Å². The minimum absolute atomic E-state index is 0.0273. The average Bonchev–Trinajstić information content (AvgIpc) is 2.26. The molecule has 1 aromatic carbocycles. The van der Waals surface area contributed by atoms with Crippen LogP contribution in [0, 0.1) is 0 Å². The molecule has 0 bridgehead atoms. The first-order valence-electron chi connectivity index (χ1n) is 6.80. The van der Waals surface area contributed by atoms with Crippen LogP contribution in [0.1, 0.15) is 40.5 Å². The first kappa shape index (κ1) is 14.9. The number of piperidine rings is 1. The third-order valence-electron chi connectivity index (χ3n) is 3.70. The highest BCUT2D eigenvalue weighted by atomic mass is 16.7. The molecule has 5 nitrogen and oxygen atoms in total. The third-order valence-corrected chi connectivity index (χ3v) is 3.70. The van der Waals surface area contributed by atoms with Crippen LogP contribution in [0.2, 0.25) is 0 Å². The predicted molar refractivity (Wildman–Crippen MR) is 75.6 cm³/mol. The minimum Gasteiger partial charge on any atom is -0.508 e. The van der Waals surface area contributed by atoms with E-state index in [9.17, 15) is 15.3 Å². The molecule has 1 aliphatic rings. The Balaban J connectivity index is 2.32. The molecule has 1 aromatic rings. The van der Waals surface area contributed by atoms with Crippen LogP contribution in [0.3, 0.4) is 0 Å². The number of benzene rings is 1. The van der Waals surface area contributed by atoms with Gasteiger partial charge in [-0.25, -0.2) is 0 Å². The van der Waals surface area contributed by atoms with E-state index >= 15 is 0 Å². The van der Waals surface area contributed by atoms with Crippen molar-refractivity contribution in [1.82, 2.24) is 5.06 Å². The van der Waals surface area contributed by atoms with Gasteiger partial charge in [0.2, 0.25) is 0 Å². The van der Waals surface area contributed by atoms with Crippen LogP contribution in [0.4, 0.5) is 0 Å². The Morgan fingerprint density at radius 1 is 1.10 bits per heavy atom. The number of aromatic hydroxyl groups is 2. The summed E-state index contributed by atoms with van der Waals surface area (Å²) in [5, 5.41) is 31.1. The van der Waals surface area contributed by atoms with Crippen molar-refractivity contribution < 1.29 is 20.2 Å². The number of hydrogen-bond acceptors (Lipinski definition) is 5. The number of nitrogens with zero attached hydrogens (tertiary/aromatic N) is 1. The van der Waals surface area contributed by atoms with E-state index in [1.54, 1.807) is 5.06 Å². The summed E-state index contributed by atoms with van der Waals surface area (Å²) in [6.45, 7) is 7.93. The summed E-state index contributed by atoms with van der Waals surface area (Å²) in [5.74, 6) is 0.216. The molecule has 5 heteroatoms. The highest BCUT2D eigenvalue weighted by Crippen LogP contribution is 2.41. The van der Waals surface area contributed by atoms with Crippen LogP contribution >= 0.6 is 0 Å². The van der Waals surface area contributed by atoms with Crippen molar-refractivity contribution in [3.63, 3.8) is 0 Å². The van der Waals surface area contributed by atoms with E-state index in [1.165, 1.54) is 18.2 Å². The zero-order chi connectivity index (χ0) is 15.1. The van der Waals surface area contributed by atoms with Gasteiger partial charge in [0, 0.05) is 6.07 Å². The fraction of sp³-hybridized carbons (Fsp3) is 0.600. The monoisotopic (exact) mass is 281 g/mol. The normalized spacial score (nSPS) is 22.6. The van der Waals surface area contributed by atoms with Crippen LogP contribution in [0.15, 0.2) is 18.2 Å². The number of hydroxylamine groups is 2. The molecule has 0 spiro atoms. The van der Waals surface area contributed by atoms with E-state index in [0.29, 0.717) is 12.8 Å². The highest BCUT2D eigenvalue weighted by molar-refractivity contribution is 5.43. The molecule has 2 rings (SSSR count). The summed E-state index contributed by atoms with van der Waals surface area (Å²) < 4.78 is 0. The number of aliphatic hydroxyl groups excluding tert-OH is 1. The highest BCUT2D eigenvalue weighted by Gasteiger charge is 2.47. The SMILES string of the molecule is CC1(C)CC(O)CC(C)(C)N1Oc1cc(O)ccc1O. The van der Waals surface area contributed by atoms with Gasteiger partial charge in [0.25, 0.3) is 0 Å². The van der Waals surface area contributed by atoms with Gasteiger partial charge >= 0.3 is 0 Å². The second-order valence-electron chi connectivity index (χ2n) is 6.72. The Labute approximate surface area is 119 Å². The maximum atomic E-state index is 9.99. The fourth-order valence-electron chi connectivity index (χ4n) is 3.13. The Kier molecular flexibility index (Phi) is 3.60. The second kappa shape index (κ2) is 4.82. The first-order valence-corrected chi connectivity index (χ1v) is 6.80. The molecule has 0 unspecified atom stereocenters. The predicted octanol–water partition coefficient (Wildman–Crippen LogP) is 2.41. The largest absolute Gasteiger partial charge is 0.508 e. The van der Waals surface area contributed by atoms with Gasteiger partial charge in [-0.3, -0.25) is 0 Å². The lowest BCUT2D eigenvalue weighted by Crippen LogP contribution is -2.63. The van der Waals surface area contributed by atoms with Crippen molar-refractivity contribution in [3.05, 3.63) is 18.2 Å². The van der Waals surface area contributed by atoms with Gasteiger partial charge < -0.3 is 20.2 Å². The molecule has 20 heavy (non-hydrogen) atoms. The molecule has 1 aliphatic heterocycles. The van der Waals surface area contributed by atoms with E-state index in [-0.39, 0.29) is 34.4 Å². The fourth-order valence-corrected chi connectivity index (χ4v) is 3.13. The van der Waals surface area contributed by atoms with Crippen molar-refractivity contribution >= 4 is 0 Å². The topological polar surface area (TPSA) is 73.2 Å². The van der Waals surface area contributed by atoms with Gasteiger partial charge in [-0.15, -0.1) is 5.06 Å². The summed E-state index contributed by atoms with van der Waals surface area (Å²) in [5.41, 5.74) is -0.780. The molecule has 0 atom stereocenters. The van der Waals surface area contributed by atoms with Crippen LogP contribution in [-0.2, 0) is 0 Å². The Hall–Kier alpha value is -1.46. The Morgan fingerprint density at radius 3 is 2.20 bits per heavy atom. The molecule has 1 fully saturated rings. The minimum atomic E-state index is -0.390.